The second-order valence-corrected chi connectivity index (χ2v) is 10.3. The van der Waals surface area contributed by atoms with Gasteiger partial charge in [-0.1, -0.05) is 23.8 Å². The second kappa shape index (κ2) is 13.6. The van der Waals surface area contributed by atoms with Crippen LogP contribution in [0.1, 0.15) is 17.0 Å². The van der Waals surface area contributed by atoms with Gasteiger partial charge < -0.3 is 33.5 Å². The Labute approximate surface area is 236 Å². The van der Waals surface area contributed by atoms with Crippen molar-refractivity contribution in [2.75, 3.05) is 60.2 Å². The molecule has 2 heterocycles. The number of carbonyl (C=O) groups is 1. The first-order valence-corrected chi connectivity index (χ1v) is 13.5. The smallest absolute Gasteiger partial charge is 0.248 e. The molecule has 1 atom stereocenters. The van der Waals surface area contributed by atoms with Crippen molar-refractivity contribution in [1.82, 2.24) is 19.4 Å². The zero-order valence-corrected chi connectivity index (χ0v) is 23.8. The fraction of sp³-hybridized carbons (Fsp3) is 0.467. The van der Waals surface area contributed by atoms with Crippen LogP contribution in [0.15, 0.2) is 54.9 Å². The summed E-state index contributed by atoms with van der Waals surface area (Å²) in [6.07, 6.45) is 3.70. The predicted octanol–water partition coefficient (Wildman–Crippen LogP) is 2.69. The number of benzene rings is 2. The van der Waals surface area contributed by atoms with Crippen LogP contribution in [0, 0.1) is 13.8 Å². The molecular weight excluding hydrogens is 512 g/mol. The first-order chi connectivity index (χ1) is 19.3. The van der Waals surface area contributed by atoms with E-state index < -0.39 is 5.60 Å². The van der Waals surface area contributed by atoms with E-state index in [0.29, 0.717) is 56.6 Å². The van der Waals surface area contributed by atoms with Crippen LogP contribution in [0.3, 0.4) is 0 Å². The van der Waals surface area contributed by atoms with Gasteiger partial charge in [0.25, 0.3) is 0 Å². The second-order valence-electron chi connectivity index (χ2n) is 10.3. The summed E-state index contributed by atoms with van der Waals surface area (Å²) in [6.45, 7) is 7.27. The van der Waals surface area contributed by atoms with Crippen LogP contribution in [-0.4, -0.2) is 96.2 Å². The molecule has 0 saturated carbocycles. The lowest BCUT2D eigenvalue weighted by atomic mass is 10.0. The SMILES string of the molecule is COCC(=O)N1CCN(Cc2ccc(OCCn3ccnc3C)c(OC)c2)C[C@](O)(COc2ccc(C)cc2)C1. The first-order valence-electron chi connectivity index (χ1n) is 13.5. The highest BCUT2D eigenvalue weighted by molar-refractivity contribution is 5.77. The lowest BCUT2D eigenvalue weighted by molar-refractivity contribution is -0.138. The number of hydrogen-bond donors (Lipinski definition) is 1. The van der Waals surface area contributed by atoms with Crippen molar-refractivity contribution in [3.63, 3.8) is 0 Å². The van der Waals surface area contributed by atoms with Gasteiger partial charge in [0, 0.05) is 45.7 Å². The summed E-state index contributed by atoms with van der Waals surface area (Å²) < 4.78 is 24.7. The van der Waals surface area contributed by atoms with E-state index in [1.165, 1.54) is 7.11 Å². The molecule has 1 N–H and O–H groups in total. The number of imidazole rings is 1. The number of aryl methyl sites for hydroxylation is 2. The molecule has 10 nitrogen and oxygen atoms in total. The molecule has 0 aliphatic carbocycles. The summed E-state index contributed by atoms with van der Waals surface area (Å²) in [5.74, 6) is 2.76. The Hall–Kier alpha value is -3.60. The number of aromatic nitrogens is 2. The van der Waals surface area contributed by atoms with Gasteiger partial charge in [-0.25, -0.2) is 4.98 Å². The van der Waals surface area contributed by atoms with E-state index in [0.717, 1.165) is 17.0 Å². The number of rotatable bonds is 12. The molecule has 0 unspecified atom stereocenters. The number of nitrogens with zero attached hydrogens (tertiary/aromatic N) is 4. The molecule has 1 amide bonds. The molecule has 1 saturated heterocycles. The van der Waals surface area contributed by atoms with Crippen molar-refractivity contribution in [2.45, 2.75) is 32.5 Å². The third-order valence-corrected chi connectivity index (χ3v) is 6.99. The van der Waals surface area contributed by atoms with Crippen molar-refractivity contribution < 1.29 is 28.8 Å². The molecule has 40 heavy (non-hydrogen) atoms. The largest absolute Gasteiger partial charge is 0.493 e. The number of amides is 1. The molecule has 10 heteroatoms. The highest BCUT2D eigenvalue weighted by Gasteiger charge is 2.37. The van der Waals surface area contributed by atoms with Crippen molar-refractivity contribution >= 4 is 5.91 Å². The van der Waals surface area contributed by atoms with Gasteiger partial charge in [0.2, 0.25) is 5.91 Å². The van der Waals surface area contributed by atoms with Gasteiger partial charge in [0.1, 0.15) is 37.0 Å². The van der Waals surface area contributed by atoms with Crippen LogP contribution in [0.2, 0.25) is 0 Å². The minimum absolute atomic E-state index is 0.0338. The Morgan fingerprint density at radius 3 is 2.52 bits per heavy atom. The summed E-state index contributed by atoms with van der Waals surface area (Å²) in [5.41, 5.74) is 0.861. The summed E-state index contributed by atoms with van der Waals surface area (Å²) >= 11 is 0. The Bertz CT molecular complexity index is 1250. The molecule has 216 valence electrons. The molecule has 1 aromatic heterocycles. The van der Waals surface area contributed by atoms with Crippen molar-refractivity contribution in [3.05, 3.63) is 71.8 Å². The number of methoxy groups -OCH3 is 2. The van der Waals surface area contributed by atoms with E-state index in [1.54, 1.807) is 18.2 Å². The first kappa shape index (κ1) is 29.4. The Kier molecular flexibility index (Phi) is 10.0. The number of hydrogen-bond acceptors (Lipinski definition) is 8. The van der Waals surface area contributed by atoms with Crippen LogP contribution in [0.4, 0.5) is 0 Å². The lowest BCUT2D eigenvalue weighted by Crippen LogP contribution is -2.52. The third kappa shape index (κ3) is 7.97. The third-order valence-electron chi connectivity index (χ3n) is 6.99. The molecule has 1 aliphatic heterocycles. The molecule has 3 aromatic rings. The van der Waals surface area contributed by atoms with Gasteiger partial charge in [-0.2, -0.15) is 0 Å². The molecule has 2 aromatic carbocycles. The number of ether oxygens (including phenoxy) is 4. The highest BCUT2D eigenvalue weighted by Crippen LogP contribution is 2.29. The summed E-state index contributed by atoms with van der Waals surface area (Å²) in [4.78, 5) is 20.7. The molecule has 1 aliphatic rings. The lowest BCUT2D eigenvalue weighted by Gasteiger charge is -2.33. The number of aliphatic hydroxyl groups is 1. The Morgan fingerprint density at radius 1 is 1.02 bits per heavy atom. The minimum Gasteiger partial charge on any atom is -0.493 e. The molecule has 4 rings (SSSR count). The zero-order valence-electron chi connectivity index (χ0n) is 23.8. The fourth-order valence-electron chi connectivity index (χ4n) is 4.83. The standard InChI is InChI=1S/C30H40N4O6/c1-23-5-8-26(9-6-23)40-22-30(36)20-32(13-14-34(21-30)29(35)19-37-3)18-25-7-10-27(28(17-25)38-4)39-16-15-33-12-11-31-24(33)2/h5-12,17,36H,13-16,18-22H2,1-4H3/t30-/m1/s1. The van der Waals surface area contributed by atoms with Gasteiger partial charge >= 0.3 is 0 Å². The van der Waals surface area contributed by atoms with E-state index in [2.05, 4.69) is 9.88 Å². The normalized spacial score (nSPS) is 17.9. The van der Waals surface area contributed by atoms with E-state index in [1.807, 2.05) is 67.1 Å². The fourth-order valence-corrected chi connectivity index (χ4v) is 4.83. The highest BCUT2D eigenvalue weighted by atomic mass is 16.5. The predicted molar refractivity (Wildman–Crippen MR) is 151 cm³/mol. The van der Waals surface area contributed by atoms with Crippen LogP contribution < -0.4 is 14.2 Å². The molecule has 0 bridgehead atoms. The topological polar surface area (TPSA) is 98.5 Å². The Balaban J connectivity index is 1.44. The van der Waals surface area contributed by atoms with Gasteiger partial charge in [0.15, 0.2) is 11.5 Å². The zero-order chi connectivity index (χ0) is 28.5. The number of β-amino-alcohol motifs (C(OH)–C–C–N with tert-alkyl or cyclic N) is 1. The summed E-state index contributed by atoms with van der Waals surface area (Å²) in [5, 5.41) is 11.7. The van der Waals surface area contributed by atoms with Gasteiger partial charge in [0.05, 0.1) is 20.2 Å². The number of carbonyl (C=O) groups excluding carboxylic acids is 1. The van der Waals surface area contributed by atoms with E-state index >= 15 is 0 Å². The minimum atomic E-state index is -1.27. The van der Waals surface area contributed by atoms with Crippen molar-refractivity contribution in [2.24, 2.45) is 0 Å². The molecule has 1 fully saturated rings. The maximum atomic E-state index is 12.7. The molecule has 0 spiro atoms. The maximum Gasteiger partial charge on any atom is 0.248 e. The monoisotopic (exact) mass is 552 g/mol. The van der Waals surface area contributed by atoms with E-state index in [-0.39, 0.29) is 25.7 Å². The molecule has 0 radical (unpaired) electrons. The van der Waals surface area contributed by atoms with E-state index in [9.17, 15) is 9.90 Å². The van der Waals surface area contributed by atoms with Gasteiger partial charge in [-0.15, -0.1) is 0 Å². The van der Waals surface area contributed by atoms with Crippen LogP contribution in [-0.2, 0) is 22.6 Å². The maximum absolute atomic E-state index is 12.7. The average Bonchev–Trinajstić information content (AvgIpc) is 3.27. The van der Waals surface area contributed by atoms with Gasteiger partial charge in [-0.3, -0.25) is 9.69 Å². The Morgan fingerprint density at radius 2 is 1.82 bits per heavy atom. The summed E-state index contributed by atoms with van der Waals surface area (Å²) in [7, 11) is 3.12. The molecular formula is C30H40N4O6. The van der Waals surface area contributed by atoms with Crippen molar-refractivity contribution in [3.8, 4) is 17.2 Å². The quantitative estimate of drug-likeness (QED) is 0.366. The van der Waals surface area contributed by atoms with Crippen molar-refractivity contribution in [1.29, 1.82) is 0 Å². The average molecular weight is 553 g/mol. The van der Waals surface area contributed by atoms with Gasteiger partial charge in [-0.05, 0) is 43.7 Å². The van der Waals surface area contributed by atoms with E-state index in [4.69, 9.17) is 18.9 Å². The van der Waals surface area contributed by atoms with Crippen LogP contribution in [0.5, 0.6) is 17.2 Å². The van der Waals surface area contributed by atoms with Crippen LogP contribution >= 0.6 is 0 Å². The van der Waals surface area contributed by atoms with Crippen LogP contribution in [0.25, 0.3) is 0 Å². The summed E-state index contributed by atoms with van der Waals surface area (Å²) in [6, 6.07) is 13.6.